The van der Waals surface area contributed by atoms with Gasteiger partial charge in [-0.2, -0.15) is 5.26 Å². The lowest BCUT2D eigenvalue weighted by molar-refractivity contribution is -0.132. The lowest BCUT2D eigenvalue weighted by atomic mass is 10.0. The van der Waals surface area contributed by atoms with E-state index in [4.69, 9.17) is 5.26 Å². The van der Waals surface area contributed by atoms with E-state index in [1.165, 1.54) is 0 Å². The topological polar surface area (TPSA) is 56.1 Å². The van der Waals surface area contributed by atoms with E-state index in [0.717, 1.165) is 31.5 Å². The van der Waals surface area contributed by atoms with Gasteiger partial charge in [0.2, 0.25) is 5.91 Å². The Kier molecular flexibility index (Phi) is 5.14. The number of nitrogens with one attached hydrogen (secondary N) is 1. The van der Waals surface area contributed by atoms with Crippen molar-refractivity contribution in [1.82, 2.24) is 10.2 Å². The number of benzene rings is 1. The molecule has 0 spiro atoms. The van der Waals surface area contributed by atoms with Gasteiger partial charge < -0.3 is 4.90 Å². The van der Waals surface area contributed by atoms with E-state index in [9.17, 15) is 4.79 Å². The zero-order valence-electron chi connectivity index (χ0n) is 11.9. The molecule has 4 heteroatoms. The Morgan fingerprint density at radius 2 is 2.00 bits per heavy atom. The minimum Gasteiger partial charge on any atom is -0.341 e. The molecule has 0 saturated carbocycles. The lowest BCUT2D eigenvalue weighted by Crippen LogP contribution is -2.44. The smallest absolute Gasteiger partial charge is 0.239 e. The molecule has 2 atom stereocenters. The monoisotopic (exact) mass is 271 g/mol. The van der Waals surface area contributed by atoms with Gasteiger partial charge in [0, 0.05) is 19.1 Å². The number of nitrogens with zero attached hydrogens (tertiary/aromatic N) is 2. The first-order chi connectivity index (χ1) is 9.72. The Bertz CT molecular complexity index is 474. The van der Waals surface area contributed by atoms with Crippen LogP contribution >= 0.6 is 0 Å². The summed E-state index contributed by atoms with van der Waals surface area (Å²) in [5.41, 5.74) is 1.05. The molecule has 0 aliphatic carbocycles. The van der Waals surface area contributed by atoms with Crippen molar-refractivity contribution in [3.05, 3.63) is 35.9 Å². The van der Waals surface area contributed by atoms with E-state index in [2.05, 4.69) is 11.4 Å². The van der Waals surface area contributed by atoms with Crippen molar-refractivity contribution in [3.63, 3.8) is 0 Å². The predicted octanol–water partition coefficient (Wildman–Crippen LogP) is 2.24. The Morgan fingerprint density at radius 1 is 1.35 bits per heavy atom. The fourth-order valence-corrected chi connectivity index (χ4v) is 2.63. The van der Waals surface area contributed by atoms with Crippen LogP contribution in [0.1, 0.15) is 37.8 Å². The number of hydrogen-bond donors (Lipinski definition) is 1. The van der Waals surface area contributed by atoms with Crippen molar-refractivity contribution in [3.8, 4) is 6.07 Å². The third-order valence-corrected chi connectivity index (χ3v) is 3.74. The third-order valence-electron chi connectivity index (χ3n) is 3.74. The third kappa shape index (κ3) is 3.58. The average Bonchev–Trinajstić information content (AvgIpc) is 3.01. The van der Waals surface area contributed by atoms with E-state index in [0.29, 0.717) is 6.42 Å². The van der Waals surface area contributed by atoms with Crippen LogP contribution in [-0.2, 0) is 4.79 Å². The quantitative estimate of drug-likeness (QED) is 0.893. The predicted molar refractivity (Wildman–Crippen MR) is 77.8 cm³/mol. The van der Waals surface area contributed by atoms with Crippen LogP contribution in [0.15, 0.2) is 30.3 Å². The Morgan fingerprint density at radius 3 is 2.60 bits per heavy atom. The molecule has 0 radical (unpaired) electrons. The van der Waals surface area contributed by atoms with Gasteiger partial charge in [-0.3, -0.25) is 10.1 Å². The number of nitriles is 1. The summed E-state index contributed by atoms with van der Waals surface area (Å²) >= 11 is 0. The van der Waals surface area contributed by atoms with Gasteiger partial charge in [0.05, 0.1) is 18.5 Å². The van der Waals surface area contributed by atoms with E-state index in [1.54, 1.807) is 0 Å². The van der Waals surface area contributed by atoms with Gasteiger partial charge in [0.1, 0.15) is 0 Å². The summed E-state index contributed by atoms with van der Waals surface area (Å²) < 4.78 is 0. The number of likely N-dealkylation sites (tertiary alicyclic amines) is 1. The fraction of sp³-hybridized carbons (Fsp3) is 0.500. The SMILES string of the molecule is CC(NC(CC#N)c1ccccc1)C(=O)N1CCCC1. The van der Waals surface area contributed by atoms with Crippen molar-refractivity contribution in [2.45, 2.75) is 38.3 Å². The van der Waals surface area contributed by atoms with Gasteiger partial charge in [0.25, 0.3) is 0 Å². The summed E-state index contributed by atoms with van der Waals surface area (Å²) in [6.07, 6.45) is 2.55. The second kappa shape index (κ2) is 7.06. The Hall–Kier alpha value is -1.86. The van der Waals surface area contributed by atoms with Crippen molar-refractivity contribution in [1.29, 1.82) is 5.26 Å². The molecule has 1 aliphatic heterocycles. The molecular formula is C16H21N3O. The number of carbonyl (C=O) groups excluding carboxylic acids is 1. The second-order valence-electron chi connectivity index (χ2n) is 5.25. The lowest BCUT2D eigenvalue weighted by Gasteiger charge is -2.25. The van der Waals surface area contributed by atoms with Gasteiger partial charge in [-0.15, -0.1) is 0 Å². The molecule has 1 amide bonds. The van der Waals surface area contributed by atoms with E-state index >= 15 is 0 Å². The first-order valence-electron chi connectivity index (χ1n) is 7.19. The molecule has 1 aromatic rings. The number of carbonyl (C=O) groups is 1. The van der Waals surface area contributed by atoms with Crippen LogP contribution in [0.2, 0.25) is 0 Å². The van der Waals surface area contributed by atoms with Gasteiger partial charge >= 0.3 is 0 Å². The molecule has 1 fully saturated rings. The minimum atomic E-state index is -0.258. The Labute approximate surface area is 120 Å². The fourth-order valence-electron chi connectivity index (χ4n) is 2.63. The van der Waals surface area contributed by atoms with Gasteiger partial charge in [0.15, 0.2) is 0 Å². The molecule has 1 heterocycles. The number of rotatable bonds is 5. The number of amides is 1. The first kappa shape index (κ1) is 14.5. The van der Waals surface area contributed by atoms with Crippen molar-refractivity contribution < 1.29 is 4.79 Å². The van der Waals surface area contributed by atoms with Crippen LogP contribution in [0.3, 0.4) is 0 Å². The highest BCUT2D eigenvalue weighted by atomic mass is 16.2. The molecule has 0 bridgehead atoms. The minimum absolute atomic E-state index is 0.0947. The van der Waals surface area contributed by atoms with Crippen LogP contribution in [0.25, 0.3) is 0 Å². The summed E-state index contributed by atoms with van der Waals surface area (Å²) in [5.74, 6) is 0.140. The van der Waals surface area contributed by atoms with Crippen molar-refractivity contribution in [2.75, 3.05) is 13.1 Å². The summed E-state index contributed by atoms with van der Waals surface area (Å²) in [7, 11) is 0. The maximum absolute atomic E-state index is 12.3. The zero-order chi connectivity index (χ0) is 14.4. The van der Waals surface area contributed by atoms with Gasteiger partial charge in [-0.25, -0.2) is 0 Å². The summed E-state index contributed by atoms with van der Waals surface area (Å²) in [6.45, 7) is 3.60. The molecule has 0 aromatic heterocycles. The van der Waals surface area contributed by atoms with Crippen LogP contribution in [-0.4, -0.2) is 29.9 Å². The maximum atomic E-state index is 12.3. The molecule has 1 N–H and O–H groups in total. The molecule has 2 unspecified atom stereocenters. The summed E-state index contributed by atoms with van der Waals surface area (Å²) in [4.78, 5) is 14.2. The number of hydrogen-bond acceptors (Lipinski definition) is 3. The molecular weight excluding hydrogens is 250 g/mol. The van der Waals surface area contributed by atoms with Crippen LogP contribution in [0.4, 0.5) is 0 Å². The van der Waals surface area contributed by atoms with Crippen LogP contribution < -0.4 is 5.32 Å². The summed E-state index contributed by atoms with van der Waals surface area (Å²) in [5, 5.41) is 12.3. The molecule has 20 heavy (non-hydrogen) atoms. The van der Waals surface area contributed by atoms with E-state index in [-0.39, 0.29) is 18.0 Å². The highest BCUT2D eigenvalue weighted by molar-refractivity contribution is 5.81. The molecule has 1 saturated heterocycles. The maximum Gasteiger partial charge on any atom is 0.239 e. The largest absolute Gasteiger partial charge is 0.341 e. The average molecular weight is 271 g/mol. The normalized spacial score (nSPS) is 17.5. The van der Waals surface area contributed by atoms with Gasteiger partial charge in [-0.1, -0.05) is 30.3 Å². The molecule has 4 nitrogen and oxygen atoms in total. The van der Waals surface area contributed by atoms with Gasteiger partial charge in [-0.05, 0) is 25.3 Å². The molecule has 2 rings (SSSR count). The Balaban J connectivity index is 2.00. The summed E-state index contributed by atoms with van der Waals surface area (Å²) in [6, 6.07) is 11.7. The van der Waals surface area contributed by atoms with Crippen molar-refractivity contribution in [2.24, 2.45) is 0 Å². The molecule has 106 valence electrons. The standard InChI is InChI=1S/C16H21N3O/c1-13(16(20)19-11-5-6-12-19)18-15(9-10-17)14-7-3-2-4-8-14/h2-4,7-8,13,15,18H,5-6,9,11-12H2,1H3. The molecule has 1 aliphatic rings. The van der Waals surface area contributed by atoms with Crippen molar-refractivity contribution >= 4 is 5.91 Å². The van der Waals surface area contributed by atoms with E-state index < -0.39 is 0 Å². The zero-order valence-corrected chi connectivity index (χ0v) is 11.9. The highest BCUT2D eigenvalue weighted by Gasteiger charge is 2.25. The van der Waals surface area contributed by atoms with Crippen LogP contribution in [0.5, 0.6) is 0 Å². The second-order valence-corrected chi connectivity index (χ2v) is 5.25. The highest BCUT2D eigenvalue weighted by Crippen LogP contribution is 2.18. The molecule has 1 aromatic carbocycles. The van der Waals surface area contributed by atoms with Crippen LogP contribution in [0, 0.1) is 11.3 Å². The first-order valence-corrected chi connectivity index (χ1v) is 7.19. The van der Waals surface area contributed by atoms with E-state index in [1.807, 2.05) is 42.2 Å².